The number of benzene rings is 2. The summed E-state index contributed by atoms with van der Waals surface area (Å²) in [4.78, 5) is 23.0. The van der Waals surface area contributed by atoms with E-state index < -0.39 is 0 Å². The fourth-order valence-corrected chi connectivity index (χ4v) is 4.99. The van der Waals surface area contributed by atoms with Crippen molar-refractivity contribution in [3.8, 4) is 28.2 Å². The molecule has 1 saturated heterocycles. The highest BCUT2D eigenvalue weighted by Gasteiger charge is 2.25. The highest BCUT2D eigenvalue weighted by molar-refractivity contribution is 6.05. The van der Waals surface area contributed by atoms with Crippen LogP contribution in [-0.2, 0) is 9.53 Å². The lowest BCUT2D eigenvalue weighted by Gasteiger charge is -2.33. The van der Waals surface area contributed by atoms with Crippen LogP contribution in [0.2, 0.25) is 0 Å². The van der Waals surface area contributed by atoms with E-state index in [9.17, 15) is 4.79 Å². The molecule has 1 aliphatic rings. The first kappa shape index (κ1) is 24.8. The molecule has 0 saturated carbocycles. The molecule has 0 radical (unpaired) electrons. The lowest BCUT2D eigenvalue weighted by Crippen LogP contribution is -2.42. The van der Waals surface area contributed by atoms with Crippen LogP contribution in [0.3, 0.4) is 0 Å². The Hall–Kier alpha value is -3.91. The largest absolute Gasteiger partial charge is 0.497 e. The average Bonchev–Trinajstić information content (AvgIpc) is 3.34. The van der Waals surface area contributed by atoms with E-state index in [1.807, 2.05) is 54.6 Å². The van der Waals surface area contributed by atoms with Crippen LogP contribution in [-0.4, -0.2) is 60.7 Å². The Kier molecular flexibility index (Phi) is 7.65. The molecule has 0 amide bonds. The number of esters is 1. The smallest absolute Gasteiger partial charge is 0.305 e. The van der Waals surface area contributed by atoms with Crippen LogP contribution in [0.25, 0.3) is 33.6 Å². The lowest BCUT2D eigenvalue weighted by atomic mass is 9.98. The first-order chi connectivity index (χ1) is 18.2. The highest BCUT2D eigenvalue weighted by Crippen LogP contribution is 2.43. The zero-order valence-electron chi connectivity index (χ0n) is 21.3. The maximum Gasteiger partial charge on any atom is 0.305 e. The van der Waals surface area contributed by atoms with Crippen molar-refractivity contribution in [2.24, 2.45) is 0 Å². The van der Waals surface area contributed by atoms with E-state index in [2.05, 4.69) is 20.2 Å². The molecule has 1 aliphatic heterocycles. The second-order valence-corrected chi connectivity index (χ2v) is 9.27. The van der Waals surface area contributed by atoms with Crippen LogP contribution in [0.15, 0.2) is 65.3 Å². The fraction of sp³-hybridized carbons (Fsp3) is 0.345. The summed E-state index contributed by atoms with van der Waals surface area (Å²) in [6.07, 6.45) is 4.91. The van der Waals surface area contributed by atoms with E-state index in [4.69, 9.17) is 13.9 Å². The summed E-state index contributed by atoms with van der Waals surface area (Å²) in [5.41, 5.74) is 3.49. The summed E-state index contributed by atoms with van der Waals surface area (Å²) in [6, 6.07) is 18.3. The van der Waals surface area contributed by atoms with Crippen molar-refractivity contribution < 1.29 is 18.7 Å². The van der Waals surface area contributed by atoms with Gasteiger partial charge < -0.3 is 24.1 Å². The van der Waals surface area contributed by atoms with Crippen LogP contribution < -0.4 is 10.1 Å². The Labute approximate surface area is 216 Å². The van der Waals surface area contributed by atoms with E-state index in [0.717, 1.165) is 78.3 Å². The van der Waals surface area contributed by atoms with Gasteiger partial charge in [-0.1, -0.05) is 42.5 Å². The molecule has 0 bridgehead atoms. The quantitative estimate of drug-likeness (QED) is 0.306. The molecule has 1 fully saturated rings. The van der Waals surface area contributed by atoms with Gasteiger partial charge in [0.1, 0.15) is 23.7 Å². The monoisotopic (exact) mass is 500 g/mol. The third-order valence-electron chi connectivity index (χ3n) is 6.83. The minimum absolute atomic E-state index is 0.157. The van der Waals surface area contributed by atoms with Gasteiger partial charge >= 0.3 is 5.97 Å². The predicted molar refractivity (Wildman–Crippen MR) is 144 cm³/mol. The number of furan rings is 1. The van der Waals surface area contributed by atoms with Gasteiger partial charge in [0.05, 0.1) is 19.6 Å². The van der Waals surface area contributed by atoms with E-state index in [0.29, 0.717) is 12.1 Å². The molecule has 4 aromatic rings. The van der Waals surface area contributed by atoms with Gasteiger partial charge in [-0.25, -0.2) is 9.97 Å². The number of ether oxygens (including phenoxy) is 2. The number of nitrogens with one attached hydrogen (secondary N) is 1. The van der Waals surface area contributed by atoms with E-state index >= 15 is 0 Å². The molecule has 8 nitrogen and oxygen atoms in total. The Bertz CT molecular complexity index is 1340. The SMILES string of the molecule is COC(=O)CCCN1CCCC(Nc2ncnc3oc(-c4ccccc4)c(-c4ccc(OC)cc4)c23)C1. The maximum absolute atomic E-state index is 11.5. The average molecular weight is 501 g/mol. The van der Waals surface area contributed by atoms with Gasteiger partial charge in [0.15, 0.2) is 0 Å². The third kappa shape index (κ3) is 5.59. The molecule has 0 spiro atoms. The lowest BCUT2D eigenvalue weighted by molar-refractivity contribution is -0.140. The van der Waals surface area contributed by atoms with Crippen molar-refractivity contribution >= 4 is 22.9 Å². The van der Waals surface area contributed by atoms with Crippen molar-refractivity contribution in [1.82, 2.24) is 14.9 Å². The van der Waals surface area contributed by atoms with Crippen molar-refractivity contribution in [2.75, 3.05) is 39.2 Å². The molecule has 0 aliphatic carbocycles. The first-order valence-electron chi connectivity index (χ1n) is 12.7. The second-order valence-electron chi connectivity index (χ2n) is 9.27. The maximum atomic E-state index is 11.5. The Morgan fingerprint density at radius 1 is 1.08 bits per heavy atom. The van der Waals surface area contributed by atoms with Gasteiger partial charge in [0, 0.05) is 30.1 Å². The molecule has 2 aromatic carbocycles. The summed E-state index contributed by atoms with van der Waals surface area (Å²) >= 11 is 0. The van der Waals surface area contributed by atoms with E-state index in [-0.39, 0.29) is 12.0 Å². The minimum atomic E-state index is -0.157. The number of aromatic nitrogens is 2. The van der Waals surface area contributed by atoms with E-state index in [1.54, 1.807) is 13.4 Å². The Balaban J connectivity index is 1.47. The summed E-state index contributed by atoms with van der Waals surface area (Å²) in [5.74, 6) is 2.16. The molecule has 8 heteroatoms. The fourth-order valence-electron chi connectivity index (χ4n) is 4.99. The number of fused-ring (bicyclic) bond motifs is 1. The molecule has 1 N–H and O–H groups in total. The van der Waals surface area contributed by atoms with Gasteiger partial charge in [0.25, 0.3) is 0 Å². The molecule has 2 aromatic heterocycles. The predicted octanol–water partition coefficient (Wildman–Crippen LogP) is 5.39. The molecular formula is C29H32N4O4. The summed E-state index contributed by atoms with van der Waals surface area (Å²) in [7, 11) is 3.10. The Morgan fingerprint density at radius 3 is 2.65 bits per heavy atom. The van der Waals surface area contributed by atoms with Gasteiger partial charge in [0.2, 0.25) is 5.71 Å². The van der Waals surface area contributed by atoms with Crippen LogP contribution >= 0.6 is 0 Å². The zero-order valence-corrected chi connectivity index (χ0v) is 21.3. The van der Waals surface area contributed by atoms with Crippen LogP contribution in [0.5, 0.6) is 5.75 Å². The molecule has 1 unspecified atom stereocenters. The number of rotatable bonds is 9. The third-order valence-corrected chi connectivity index (χ3v) is 6.83. The molecule has 192 valence electrons. The van der Waals surface area contributed by atoms with Crippen molar-refractivity contribution in [3.05, 3.63) is 60.9 Å². The molecule has 37 heavy (non-hydrogen) atoms. The molecule has 5 rings (SSSR count). The number of hydrogen-bond acceptors (Lipinski definition) is 8. The summed E-state index contributed by atoms with van der Waals surface area (Å²) < 4.78 is 16.5. The van der Waals surface area contributed by atoms with Crippen LogP contribution in [0, 0.1) is 0 Å². The first-order valence-corrected chi connectivity index (χ1v) is 12.7. The van der Waals surface area contributed by atoms with Gasteiger partial charge in [-0.15, -0.1) is 0 Å². The number of carbonyl (C=O) groups is 1. The van der Waals surface area contributed by atoms with Gasteiger partial charge in [-0.3, -0.25) is 4.79 Å². The van der Waals surface area contributed by atoms with Gasteiger partial charge in [-0.2, -0.15) is 0 Å². The topological polar surface area (TPSA) is 89.7 Å². The van der Waals surface area contributed by atoms with E-state index in [1.165, 1.54) is 7.11 Å². The molecule has 3 heterocycles. The number of carbonyl (C=O) groups excluding carboxylic acids is 1. The summed E-state index contributed by atoms with van der Waals surface area (Å²) in [6.45, 7) is 2.78. The van der Waals surface area contributed by atoms with Gasteiger partial charge in [-0.05, 0) is 50.0 Å². The van der Waals surface area contributed by atoms with Crippen molar-refractivity contribution in [3.63, 3.8) is 0 Å². The second kappa shape index (κ2) is 11.4. The highest BCUT2D eigenvalue weighted by atomic mass is 16.5. The Morgan fingerprint density at radius 2 is 1.89 bits per heavy atom. The number of hydrogen-bond donors (Lipinski definition) is 1. The number of nitrogens with zero attached hydrogens (tertiary/aromatic N) is 3. The number of anilines is 1. The van der Waals surface area contributed by atoms with Crippen LogP contribution in [0.4, 0.5) is 5.82 Å². The molecule has 1 atom stereocenters. The standard InChI is InChI=1S/C29H32N4O4/c1-35-23-14-12-20(13-15-23)25-26-28(30-19-31-29(26)37-27(25)21-8-4-3-5-9-21)32-22-10-6-16-33(18-22)17-7-11-24(34)36-2/h3-5,8-9,12-15,19,22H,6-7,10-11,16-18H2,1-2H3,(H,30,31,32). The van der Waals surface area contributed by atoms with Crippen LogP contribution in [0.1, 0.15) is 25.7 Å². The summed E-state index contributed by atoms with van der Waals surface area (Å²) in [5, 5.41) is 4.56. The minimum Gasteiger partial charge on any atom is -0.497 e. The normalized spacial score (nSPS) is 16.0. The van der Waals surface area contributed by atoms with Crippen molar-refractivity contribution in [1.29, 1.82) is 0 Å². The molecular weight excluding hydrogens is 468 g/mol. The van der Waals surface area contributed by atoms with Crippen molar-refractivity contribution in [2.45, 2.75) is 31.7 Å². The number of likely N-dealkylation sites (tertiary alicyclic amines) is 1. The zero-order chi connectivity index (χ0) is 25.6. The number of piperidine rings is 1. The number of methoxy groups -OCH3 is 2.